The summed E-state index contributed by atoms with van der Waals surface area (Å²) in [5.41, 5.74) is 4.93. The minimum atomic E-state index is -4.33. The second-order valence-electron chi connectivity index (χ2n) is 2.76. The Bertz CT molecular complexity index is 294. The van der Waals surface area contributed by atoms with Crippen LogP contribution in [0.5, 0.6) is 0 Å². The summed E-state index contributed by atoms with van der Waals surface area (Å²) in [6.45, 7) is 1.59. The molecule has 1 atom stereocenters. The summed E-state index contributed by atoms with van der Waals surface area (Å²) in [6.07, 6.45) is -3.21. The van der Waals surface area contributed by atoms with Crippen molar-refractivity contribution in [3.63, 3.8) is 0 Å². The lowest BCUT2D eigenvalue weighted by Crippen LogP contribution is -2.11. The Labute approximate surface area is 73.6 Å². The summed E-state index contributed by atoms with van der Waals surface area (Å²) < 4.78 is 36.5. The van der Waals surface area contributed by atoms with Gasteiger partial charge in [0, 0.05) is 12.2 Å². The zero-order chi connectivity index (χ0) is 10.1. The summed E-state index contributed by atoms with van der Waals surface area (Å²) >= 11 is 0. The third kappa shape index (κ3) is 2.42. The highest BCUT2D eigenvalue weighted by atomic mass is 19.4. The van der Waals surface area contributed by atoms with Crippen molar-refractivity contribution >= 4 is 0 Å². The average molecular weight is 190 g/mol. The number of halogens is 3. The number of hydrogen-bond acceptors (Lipinski definition) is 2. The van der Waals surface area contributed by atoms with Crippen molar-refractivity contribution in [2.24, 2.45) is 5.73 Å². The molecule has 2 nitrogen and oxygen atoms in total. The predicted octanol–water partition coefficient (Wildman–Crippen LogP) is 2.12. The molecule has 0 saturated heterocycles. The van der Waals surface area contributed by atoms with Gasteiger partial charge in [0.2, 0.25) is 0 Å². The second kappa shape index (κ2) is 3.33. The zero-order valence-corrected chi connectivity index (χ0v) is 6.97. The van der Waals surface area contributed by atoms with Gasteiger partial charge in [-0.3, -0.25) is 4.98 Å². The Morgan fingerprint density at radius 1 is 1.46 bits per heavy atom. The topological polar surface area (TPSA) is 38.9 Å². The summed E-state index contributed by atoms with van der Waals surface area (Å²) in [6, 6.07) is 1.40. The van der Waals surface area contributed by atoms with E-state index in [0.29, 0.717) is 0 Å². The molecule has 1 aromatic rings. The van der Waals surface area contributed by atoms with Gasteiger partial charge in [-0.05, 0) is 19.1 Å². The quantitative estimate of drug-likeness (QED) is 0.736. The fourth-order valence-corrected chi connectivity index (χ4v) is 0.874. The minimum absolute atomic E-state index is 0.245. The van der Waals surface area contributed by atoms with Crippen molar-refractivity contribution < 1.29 is 13.2 Å². The zero-order valence-electron chi connectivity index (χ0n) is 6.97. The Morgan fingerprint density at radius 2 is 2.08 bits per heavy atom. The molecule has 5 heteroatoms. The molecule has 0 saturated carbocycles. The van der Waals surface area contributed by atoms with Crippen LogP contribution in [0.15, 0.2) is 18.3 Å². The Balaban J connectivity index is 3.06. The molecule has 1 heterocycles. The molecular formula is C8H9F3N2. The van der Waals surface area contributed by atoms with Gasteiger partial charge in [-0.15, -0.1) is 0 Å². The van der Waals surface area contributed by atoms with E-state index in [1.165, 1.54) is 0 Å². The first kappa shape index (κ1) is 9.98. The fourth-order valence-electron chi connectivity index (χ4n) is 0.874. The first-order valence-corrected chi connectivity index (χ1v) is 3.70. The Kier molecular flexibility index (Phi) is 2.56. The van der Waals surface area contributed by atoms with Crippen molar-refractivity contribution in [1.29, 1.82) is 0 Å². The van der Waals surface area contributed by atoms with E-state index in [1.54, 1.807) is 6.92 Å². The predicted molar refractivity (Wildman–Crippen MR) is 41.8 cm³/mol. The molecular weight excluding hydrogens is 181 g/mol. The van der Waals surface area contributed by atoms with Gasteiger partial charge in [0.1, 0.15) is 0 Å². The first-order chi connectivity index (χ1) is 5.91. The van der Waals surface area contributed by atoms with Crippen LogP contribution in [-0.2, 0) is 6.18 Å². The molecule has 0 amide bonds. The van der Waals surface area contributed by atoms with Gasteiger partial charge in [0.05, 0.1) is 11.3 Å². The third-order valence-corrected chi connectivity index (χ3v) is 1.57. The van der Waals surface area contributed by atoms with Gasteiger partial charge in [-0.25, -0.2) is 0 Å². The van der Waals surface area contributed by atoms with Gasteiger partial charge in [0.15, 0.2) is 0 Å². The van der Waals surface area contributed by atoms with Crippen LogP contribution in [0.3, 0.4) is 0 Å². The van der Waals surface area contributed by atoms with Crippen LogP contribution in [0.2, 0.25) is 0 Å². The summed E-state index contributed by atoms with van der Waals surface area (Å²) in [4.78, 5) is 3.73. The van der Waals surface area contributed by atoms with Crippen LogP contribution in [0.1, 0.15) is 24.2 Å². The summed E-state index contributed by atoms with van der Waals surface area (Å²) in [5, 5.41) is 0. The largest absolute Gasteiger partial charge is 0.416 e. The molecule has 0 aliphatic heterocycles. The highest BCUT2D eigenvalue weighted by Crippen LogP contribution is 2.29. The average Bonchev–Trinajstić information content (AvgIpc) is 2.03. The number of alkyl halides is 3. The maximum absolute atomic E-state index is 12.2. The number of nitrogens with zero attached hydrogens (tertiary/aromatic N) is 1. The fraction of sp³-hybridized carbons (Fsp3) is 0.375. The van der Waals surface area contributed by atoms with Crippen LogP contribution in [0, 0.1) is 0 Å². The van der Waals surface area contributed by atoms with Gasteiger partial charge >= 0.3 is 6.18 Å². The van der Waals surface area contributed by atoms with E-state index < -0.39 is 17.8 Å². The minimum Gasteiger partial charge on any atom is -0.323 e. The van der Waals surface area contributed by atoms with Crippen LogP contribution in [0.25, 0.3) is 0 Å². The van der Waals surface area contributed by atoms with E-state index in [2.05, 4.69) is 4.98 Å². The van der Waals surface area contributed by atoms with Crippen molar-refractivity contribution in [2.45, 2.75) is 19.1 Å². The SMILES string of the molecule is CC(N)c1cc(C(F)(F)F)ccn1. The normalized spacial score (nSPS) is 14.2. The van der Waals surface area contributed by atoms with Crippen molar-refractivity contribution in [3.05, 3.63) is 29.6 Å². The van der Waals surface area contributed by atoms with Gasteiger partial charge in [0.25, 0.3) is 0 Å². The molecule has 0 aromatic carbocycles. The third-order valence-electron chi connectivity index (χ3n) is 1.57. The molecule has 0 fully saturated rings. The number of hydrogen-bond donors (Lipinski definition) is 1. The molecule has 0 aliphatic carbocycles. The number of aromatic nitrogens is 1. The van der Waals surface area contributed by atoms with E-state index in [1.807, 2.05) is 0 Å². The van der Waals surface area contributed by atoms with Crippen LogP contribution in [0.4, 0.5) is 13.2 Å². The van der Waals surface area contributed by atoms with Crippen LogP contribution < -0.4 is 5.73 Å². The molecule has 1 rings (SSSR count). The van der Waals surface area contributed by atoms with E-state index in [4.69, 9.17) is 5.73 Å². The smallest absolute Gasteiger partial charge is 0.323 e. The number of pyridine rings is 1. The first-order valence-electron chi connectivity index (χ1n) is 3.70. The lowest BCUT2D eigenvalue weighted by molar-refractivity contribution is -0.137. The van der Waals surface area contributed by atoms with Gasteiger partial charge in [-0.1, -0.05) is 0 Å². The number of nitrogens with two attached hydrogens (primary N) is 1. The Morgan fingerprint density at radius 3 is 2.54 bits per heavy atom. The lowest BCUT2D eigenvalue weighted by Gasteiger charge is -2.09. The van der Waals surface area contributed by atoms with Crippen molar-refractivity contribution in [2.75, 3.05) is 0 Å². The molecule has 72 valence electrons. The van der Waals surface area contributed by atoms with E-state index in [0.717, 1.165) is 18.3 Å². The van der Waals surface area contributed by atoms with Crippen molar-refractivity contribution in [1.82, 2.24) is 4.98 Å². The summed E-state index contributed by atoms with van der Waals surface area (Å²) in [5.74, 6) is 0. The van der Waals surface area contributed by atoms with E-state index in [9.17, 15) is 13.2 Å². The second-order valence-corrected chi connectivity index (χ2v) is 2.76. The number of rotatable bonds is 1. The molecule has 1 unspecified atom stereocenters. The van der Waals surface area contributed by atoms with Crippen LogP contribution >= 0.6 is 0 Å². The van der Waals surface area contributed by atoms with Crippen molar-refractivity contribution in [3.8, 4) is 0 Å². The maximum atomic E-state index is 12.2. The Hall–Kier alpha value is -1.10. The van der Waals surface area contributed by atoms with E-state index in [-0.39, 0.29) is 5.69 Å². The standard InChI is InChI=1S/C8H9F3N2/c1-5(12)7-4-6(2-3-13-7)8(9,10)11/h2-5H,12H2,1H3. The maximum Gasteiger partial charge on any atom is 0.416 e. The van der Waals surface area contributed by atoms with Gasteiger partial charge in [-0.2, -0.15) is 13.2 Å². The van der Waals surface area contributed by atoms with Crippen LogP contribution in [-0.4, -0.2) is 4.98 Å². The molecule has 0 radical (unpaired) electrons. The summed E-state index contributed by atoms with van der Waals surface area (Å²) in [7, 11) is 0. The molecule has 0 bridgehead atoms. The molecule has 0 aliphatic rings. The molecule has 13 heavy (non-hydrogen) atoms. The highest BCUT2D eigenvalue weighted by Gasteiger charge is 2.30. The molecule has 1 aromatic heterocycles. The lowest BCUT2D eigenvalue weighted by atomic mass is 10.1. The monoisotopic (exact) mass is 190 g/mol. The molecule has 0 spiro atoms. The molecule has 2 N–H and O–H groups in total. The highest BCUT2D eigenvalue weighted by molar-refractivity contribution is 5.20. The van der Waals surface area contributed by atoms with E-state index >= 15 is 0 Å². The van der Waals surface area contributed by atoms with Gasteiger partial charge < -0.3 is 5.73 Å².